The van der Waals surface area contributed by atoms with Gasteiger partial charge in [-0.1, -0.05) is 23.7 Å². The standard InChI is InChI=1S/C19H18ClNO3/c1-12-17(22)7-6-16-14(10-18(23)24-19(12)16)11-21-9-8-13-2-4-15(20)5-3-13/h2-7,10,21-22H,8-9,11H2,1H3/p+1. The number of phenolic OH excluding ortho intramolecular Hbond substituents is 1. The van der Waals surface area contributed by atoms with Gasteiger partial charge in [0.2, 0.25) is 0 Å². The summed E-state index contributed by atoms with van der Waals surface area (Å²) in [5.74, 6) is 0.134. The van der Waals surface area contributed by atoms with Crippen LogP contribution in [0.3, 0.4) is 0 Å². The normalized spacial score (nSPS) is 11.1. The summed E-state index contributed by atoms with van der Waals surface area (Å²) in [6.45, 7) is 3.33. The average Bonchev–Trinajstić information content (AvgIpc) is 2.57. The third kappa shape index (κ3) is 3.61. The maximum absolute atomic E-state index is 11.8. The van der Waals surface area contributed by atoms with E-state index in [-0.39, 0.29) is 5.75 Å². The number of benzene rings is 2. The number of hydrogen-bond donors (Lipinski definition) is 2. The minimum absolute atomic E-state index is 0.134. The summed E-state index contributed by atoms with van der Waals surface area (Å²) in [5.41, 5.74) is 2.81. The van der Waals surface area contributed by atoms with Crippen molar-refractivity contribution in [2.75, 3.05) is 6.54 Å². The Bertz CT molecular complexity index is 916. The molecule has 3 aromatic rings. The van der Waals surface area contributed by atoms with Crippen LogP contribution in [-0.4, -0.2) is 11.7 Å². The number of fused-ring (bicyclic) bond motifs is 1. The Kier molecular flexibility index (Phi) is 4.88. The minimum Gasteiger partial charge on any atom is -0.508 e. The highest BCUT2D eigenvalue weighted by molar-refractivity contribution is 6.30. The smallest absolute Gasteiger partial charge is 0.336 e. The first-order valence-electron chi connectivity index (χ1n) is 7.86. The summed E-state index contributed by atoms with van der Waals surface area (Å²) in [6, 6.07) is 12.8. The van der Waals surface area contributed by atoms with Crippen molar-refractivity contribution in [1.82, 2.24) is 0 Å². The molecule has 0 fully saturated rings. The number of hydrogen-bond acceptors (Lipinski definition) is 3. The molecule has 4 nitrogen and oxygen atoms in total. The molecule has 24 heavy (non-hydrogen) atoms. The molecule has 0 atom stereocenters. The van der Waals surface area contributed by atoms with E-state index in [2.05, 4.69) is 5.32 Å². The van der Waals surface area contributed by atoms with Crippen LogP contribution < -0.4 is 10.9 Å². The Morgan fingerprint density at radius 2 is 1.92 bits per heavy atom. The van der Waals surface area contributed by atoms with Gasteiger partial charge in [-0.2, -0.15) is 0 Å². The van der Waals surface area contributed by atoms with Crippen LogP contribution in [0.2, 0.25) is 5.02 Å². The average molecular weight is 345 g/mol. The lowest BCUT2D eigenvalue weighted by molar-refractivity contribution is -0.670. The van der Waals surface area contributed by atoms with Crippen LogP contribution >= 0.6 is 11.6 Å². The topological polar surface area (TPSA) is 67.1 Å². The largest absolute Gasteiger partial charge is 0.508 e. The van der Waals surface area contributed by atoms with Gasteiger partial charge in [0.05, 0.1) is 6.54 Å². The lowest BCUT2D eigenvalue weighted by Gasteiger charge is -2.08. The Morgan fingerprint density at radius 1 is 1.17 bits per heavy atom. The molecule has 0 saturated heterocycles. The number of aromatic hydroxyl groups is 1. The van der Waals surface area contributed by atoms with Gasteiger partial charge in [0.25, 0.3) is 0 Å². The summed E-state index contributed by atoms with van der Waals surface area (Å²) in [5, 5.41) is 13.5. The molecule has 3 N–H and O–H groups in total. The van der Waals surface area contributed by atoms with Crippen molar-refractivity contribution in [3.05, 3.63) is 74.6 Å². The first-order chi connectivity index (χ1) is 11.5. The Labute approximate surface area is 144 Å². The molecule has 0 spiro atoms. The third-order valence-electron chi connectivity index (χ3n) is 4.13. The molecule has 0 radical (unpaired) electrons. The van der Waals surface area contributed by atoms with Crippen LogP contribution in [0.1, 0.15) is 16.7 Å². The quantitative estimate of drug-likeness (QED) is 0.552. The molecule has 0 bridgehead atoms. The molecule has 1 aromatic heterocycles. The monoisotopic (exact) mass is 344 g/mol. The zero-order chi connectivity index (χ0) is 17.1. The van der Waals surface area contributed by atoms with E-state index in [0.29, 0.717) is 17.7 Å². The van der Waals surface area contributed by atoms with Gasteiger partial charge in [0, 0.05) is 34.0 Å². The van der Waals surface area contributed by atoms with Crippen LogP contribution in [0.15, 0.2) is 51.7 Å². The van der Waals surface area contributed by atoms with Crippen molar-refractivity contribution in [1.29, 1.82) is 0 Å². The number of phenols is 1. The van der Waals surface area contributed by atoms with Crippen molar-refractivity contribution in [2.45, 2.75) is 19.9 Å². The molecule has 124 valence electrons. The fourth-order valence-electron chi connectivity index (χ4n) is 2.76. The van der Waals surface area contributed by atoms with Crippen LogP contribution in [0.5, 0.6) is 5.75 Å². The van der Waals surface area contributed by atoms with Crippen LogP contribution in [0.4, 0.5) is 0 Å². The summed E-state index contributed by atoms with van der Waals surface area (Å²) < 4.78 is 5.26. The molecule has 0 amide bonds. The fourth-order valence-corrected chi connectivity index (χ4v) is 2.89. The van der Waals surface area contributed by atoms with Crippen molar-refractivity contribution >= 4 is 22.6 Å². The molecule has 0 unspecified atom stereocenters. The lowest BCUT2D eigenvalue weighted by atomic mass is 10.1. The van der Waals surface area contributed by atoms with E-state index < -0.39 is 5.63 Å². The molecule has 0 aliphatic rings. The molecule has 0 saturated carbocycles. The van der Waals surface area contributed by atoms with E-state index in [0.717, 1.165) is 28.9 Å². The molecule has 0 aliphatic carbocycles. The fraction of sp³-hybridized carbons (Fsp3) is 0.211. The van der Waals surface area contributed by atoms with Crippen LogP contribution in [0.25, 0.3) is 11.0 Å². The molecule has 2 aromatic carbocycles. The number of rotatable bonds is 5. The van der Waals surface area contributed by atoms with E-state index in [9.17, 15) is 9.90 Å². The summed E-state index contributed by atoms with van der Waals surface area (Å²) in [7, 11) is 0. The van der Waals surface area contributed by atoms with Gasteiger partial charge in [0.15, 0.2) is 0 Å². The van der Waals surface area contributed by atoms with Crippen molar-refractivity contribution in [3.8, 4) is 5.75 Å². The maximum atomic E-state index is 11.8. The minimum atomic E-state index is -0.391. The van der Waals surface area contributed by atoms with E-state index in [1.807, 2.05) is 24.3 Å². The second kappa shape index (κ2) is 7.07. The molecule has 0 aliphatic heterocycles. The van der Waals surface area contributed by atoms with Gasteiger partial charge in [0.1, 0.15) is 17.9 Å². The SMILES string of the molecule is Cc1c(O)ccc2c(C[NH2+]CCc3ccc(Cl)cc3)cc(=O)oc12. The van der Waals surface area contributed by atoms with E-state index in [1.165, 1.54) is 11.6 Å². The lowest BCUT2D eigenvalue weighted by Crippen LogP contribution is -2.83. The zero-order valence-electron chi connectivity index (χ0n) is 13.4. The highest BCUT2D eigenvalue weighted by Crippen LogP contribution is 2.26. The van der Waals surface area contributed by atoms with Crippen LogP contribution in [-0.2, 0) is 13.0 Å². The van der Waals surface area contributed by atoms with Crippen molar-refractivity contribution < 1.29 is 14.8 Å². The van der Waals surface area contributed by atoms with Gasteiger partial charge in [-0.25, -0.2) is 4.79 Å². The molecular weight excluding hydrogens is 326 g/mol. The number of quaternary nitrogens is 1. The zero-order valence-corrected chi connectivity index (χ0v) is 14.1. The molecule has 5 heteroatoms. The highest BCUT2D eigenvalue weighted by atomic mass is 35.5. The predicted octanol–water partition coefficient (Wildman–Crippen LogP) is 2.77. The second-order valence-electron chi connectivity index (χ2n) is 5.83. The van der Waals surface area contributed by atoms with Gasteiger partial charge in [-0.3, -0.25) is 0 Å². The number of aryl methyl sites for hydroxylation is 1. The van der Waals surface area contributed by atoms with Gasteiger partial charge in [-0.15, -0.1) is 0 Å². The van der Waals surface area contributed by atoms with Gasteiger partial charge in [-0.05, 0) is 36.8 Å². The highest BCUT2D eigenvalue weighted by Gasteiger charge is 2.11. The maximum Gasteiger partial charge on any atom is 0.336 e. The first-order valence-corrected chi connectivity index (χ1v) is 8.24. The predicted molar refractivity (Wildman–Crippen MR) is 94.5 cm³/mol. The van der Waals surface area contributed by atoms with E-state index in [1.54, 1.807) is 19.1 Å². The van der Waals surface area contributed by atoms with Crippen molar-refractivity contribution in [2.24, 2.45) is 0 Å². The van der Waals surface area contributed by atoms with Crippen LogP contribution in [0, 0.1) is 6.92 Å². The number of nitrogens with two attached hydrogens (primary N) is 1. The summed E-state index contributed by atoms with van der Waals surface area (Å²) in [4.78, 5) is 11.8. The van der Waals surface area contributed by atoms with Gasteiger partial charge < -0.3 is 14.8 Å². The second-order valence-corrected chi connectivity index (χ2v) is 6.27. The van der Waals surface area contributed by atoms with Crippen molar-refractivity contribution in [3.63, 3.8) is 0 Å². The molecule has 3 rings (SSSR count). The third-order valence-corrected chi connectivity index (χ3v) is 4.38. The molecular formula is C19H19ClNO3+. The summed E-state index contributed by atoms with van der Waals surface area (Å²) in [6.07, 6.45) is 0.927. The first kappa shape index (κ1) is 16.6. The van der Waals surface area contributed by atoms with E-state index >= 15 is 0 Å². The Balaban J connectivity index is 1.72. The van der Waals surface area contributed by atoms with E-state index in [4.69, 9.17) is 16.0 Å². The molecule has 1 heterocycles. The Hall–Kier alpha value is -2.30. The summed E-state index contributed by atoms with van der Waals surface area (Å²) >= 11 is 5.88. The number of halogens is 1. The Morgan fingerprint density at radius 3 is 2.67 bits per heavy atom. The van der Waals surface area contributed by atoms with Gasteiger partial charge >= 0.3 is 5.63 Å².